The molecule has 2 aromatic rings. The van der Waals surface area contributed by atoms with Gasteiger partial charge in [-0.15, -0.1) is 21.5 Å². The summed E-state index contributed by atoms with van der Waals surface area (Å²) in [5.74, 6) is -0.0352. The van der Waals surface area contributed by atoms with Gasteiger partial charge in [-0.3, -0.25) is 9.36 Å². The predicted octanol–water partition coefficient (Wildman–Crippen LogP) is 4.77. The maximum absolute atomic E-state index is 11.9. The lowest BCUT2D eigenvalue weighted by atomic mass is 10.1. The standard InChI is InChI=1S/C16H18BrN3O2S2/c1-9-8-11(23-12(9)10-4-5-10)20-14(17)18-19-15(20)24-16(13(21)22)6-2-3-7-16/h8,10H,2-7H2,1H3,(H,21,22). The lowest BCUT2D eigenvalue weighted by molar-refractivity contribution is -0.139. The second kappa shape index (κ2) is 6.14. The number of hydrogen-bond donors (Lipinski definition) is 1. The molecule has 0 aliphatic heterocycles. The topological polar surface area (TPSA) is 68.0 Å². The molecule has 0 aromatic carbocycles. The molecule has 8 heteroatoms. The van der Waals surface area contributed by atoms with E-state index in [2.05, 4.69) is 39.1 Å². The molecule has 2 aromatic heterocycles. The van der Waals surface area contributed by atoms with E-state index < -0.39 is 10.7 Å². The number of nitrogens with zero attached hydrogens (tertiary/aromatic N) is 3. The van der Waals surface area contributed by atoms with E-state index in [1.54, 1.807) is 11.3 Å². The Morgan fingerprint density at radius 3 is 2.75 bits per heavy atom. The van der Waals surface area contributed by atoms with Crippen LogP contribution in [0.1, 0.15) is 54.9 Å². The van der Waals surface area contributed by atoms with Crippen LogP contribution in [0.2, 0.25) is 0 Å². The Labute approximate surface area is 157 Å². The number of thioether (sulfide) groups is 1. The Morgan fingerprint density at radius 2 is 2.12 bits per heavy atom. The first-order chi connectivity index (χ1) is 11.5. The zero-order valence-corrected chi connectivity index (χ0v) is 16.5. The summed E-state index contributed by atoms with van der Waals surface area (Å²) in [5.41, 5.74) is 1.31. The molecule has 0 radical (unpaired) electrons. The maximum Gasteiger partial charge on any atom is 0.320 e. The smallest absolute Gasteiger partial charge is 0.320 e. The van der Waals surface area contributed by atoms with E-state index in [-0.39, 0.29) is 0 Å². The quantitative estimate of drug-likeness (QED) is 0.743. The number of rotatable bonds is 5. The molecule has 5 nitrogen and oxygen atoms in total. The SMILES string of the molecule is Cc1cc(-n2c(Br)nnc2SC2(C(=O)O)CCCC2)sc1C1CC1. The fourth-order valence-corrected chi connectivity index (χ4v) is 6.69. The molecule has 0 saturated heterocycles. The summed E-state index contributed by atoms with van der Waals surface area (Å²) in [6.45, 7) is 2.15. The molecule has 4 rings (SSSR count). The van der Waals surface area contributed by atoms with Gasteiger partial charge in [-0.2, -0.15) is 0 Å². The Bertz CT molecular complexity index is 791. The van der Waals surface area contributed by atoms with Crippen molar-refractivity contribution in [2.75, 3.05) is 0 Å². The number of aryl methyl sites for hydroxylation is 1. The van der Waals surface area contributed by atoms with Crippen molar-refractivity contribution in [2.45, 2.75) is 61.3 Å². The third-order valence-electron chi connectivity index (χ3n) is 4.79. The van der Waals surface area contributed by atoms with E-state index in [0.717, 1.165) is 17.8 Å². The van der Waals surface area contributed by atoms with Crippen LogP contribution < -0.4 is 0 Å². The van der Waals surface area contributed by atoms with Gasteiger partial charge in [0.2, 0.25) is 4.73 Å². The summed E-state index contributed by atoms with van der Waals surface area (Å²) >= 11 is 6.61. The average Bonchev–Trinajstić information content (AvgIpc) is 2.97. The van der Waals surface area contributed by atoms with Gasteiger partial charge in [0.25, 0.3) is 0 Å². The van der Waals surface area contributed by atoms with Crippen LogP contribution in [-0.2, 0) is 4.79 Å². The van der Waals surface area contributed by atoms with Crippen molar-refractivity contribution < 1.29 is 9.90 Å². The van der Waals surface area contributed by atoms with Gasteiger partial charge < -0.3 is 5.11 Å². The second-order valence-electron chi connectivity index (χ2n) is 6.60. The van der Waals surface area contributed by atoms with Crippen LogP contribution in [0.3, 0.4) is 0 Å². The van der Waals surface area contributed by atoms with Gasteiger partial charge in [0.15, 0.2) is 5.16 Å². The van der Waals surface area contributed by atoms with E-state index in [1.165, 1.54) is 35.0 Å². The minimum Gasteiger partial charge on any atom is -0.480 e. The van der Waals surface area contributed by atoms with Crippen molar-refractivity contribution in [1.29, 1.82) is 0 Å². The van der Waals surface area contributed by atoms with Gasteiger partial charge in [-0.05, 0) is 66.1 Å². The molecule has 24 heavy (non-hydrogen) atoms. The third-order valence-corrected chi connectivity index (χ3v) is 8.11. The fourth-order valence-electron chi connectivity index (χ4n) is 3.32. The average molecular weight is 428 g/mol. The third kappa shape index (κ3) is 2.82. The van der Waals surface area contributed by atoms with Crippen LogP contribution in [0.4, 0.5) is 0 Å². The van der Waals surface area contributed by atoms with Gasteiger partial charge in [-0.1, -0.05) is 24.6 Å². The van der Waals surface area contributed by atoms with E-state index in [1.807, 2.05) is 4.57 Å². The van der Waals surface area contributed by atoms with Gasteiger partial charge >= 0.3 is 5.97 Å². The molecule has 2 aliphatic rings. The Hall–Kier alpha value is -0.860. The van der Waals surface area contributed by atoms with Crippen LogP contribution in [0.25, 0.3) is 5.00 Å². The highest BCUT2D eigenvalue weighted by Gasteiger charge is 2.44. The van der Waals surface area contributed by atoms with E-state index in [9.17, 15) is 9.90 Å². The first kappa shape index (κ1) is 16.6. The zero-order chi connectivity index (χ0) is 16.9. The van der Waals surface area contributed by atoms with Crippen molar-refractivity contribution in [3.63, 3.8) is 0 Å². The molecule has 2 fully saturated rings. The number of carboxylic acid groups (broad SMARTS) is 1. The molecule has 0 bridgehead atoms. The van der Waals surface area contributed by atoms with Crippen LogP contribution in [0.15, 0.2) is 16.0 Å². The summed E-state index contributed by atoms with van der Waals surface area (Å²) in [5, 5.41) is 19.9. The lowest BCUT2D eigenvalue weighted by Gasteiger charge is -2.22. The lowest BCUT2D eigenvalue weighted by Crippen LogP contribution is -2.31. The number of thiophene rings is 1. The van der Waals surface area contributed by atoms with Crippen LogP contribution >= 0.6 is 39.0 Å². The van der Waals surface area contributed by atoms with Crippen LogP contribution in [0.5, 0.6) is 0 Å². The summed E-state index contributed by atoms with van der Waals surface area (Å²) in [6, 6.07) is 2.17. The molecule has 2 heterocycles. The van der Waals surface area contributed by atoms with Gasteiger partial charge in [0.1, 0.15) is 9.75 Å². The number of hydrogen-bond acceptors (Lipinski definition) is 5. The van der Waals surface area contributed by atoms with Gasteiger partial charge in [0, 0.05) is 4.88 Å². The van der Waals surface area contributed by atoms with E-state index in [0.29, 0.717) is 28.6 Å². The van der Waals surface area contributed by atoms with Crippen molar-refractivity contribution >= 4 is 45.0 Å². The van der Waals surface area contributed by atoms with Gasteiger partial charge in [0.05, 0.1) is 0 Å². The zero-order valence-electron chi connectivity index (χ0n) is 13.3. The number of carboxylic acids is 1. The highest BCUT2D eigenvalue weighted by molar-refractivity contribution is 9.10. The Kier molecular flexibility index (Phi) is 4.25. The Morgan fingerprint density at radius 1 is 1.42 bits per heavy atom. The number of aromatic nitrogens is 3. The molecule has 0 atom stereocenters. The molecule has 0 unspecified atom stereocenters. The van der Waals surface area contributed by atoms with Gasteiger partial charge in [-0.25, -0.2) is 0 Å². The second-order valence-corrected chi connectivity index (χ2v) is 9.72. The summed E-state index contributed by atoms with van der Waals surface area (Å²) in [4.78, 5) is 13.3. The fraction of sp³-hybridized carbons (Fsp3) is 0.562. The molecule has 0 amide bonds. The van der Waals surface area contributed by atoms with E-state index >= 15 is 0 Å². The molecular formula is C16H18BrN3O2S2. The summed E-state index contributed by atoms with van der Waals surface area (Å²) in [6.07, 6.45) is 5.83. The number of halogens is 1. The molecule has 2 aliphatic carbocycles. The molecule has 0 spiro atoms. The van der Waals surface area contributed by atoms with Crippen molar-refractivity contribution in [3.8, 4) is 5.00 Å². The van der Waals surface area contributed by atoms with E-state index in [4.69, 9.17) is 0 Å². The molecule has 128 valence electrons. The molecule has 1 N–H and O–H groups in total. The normalized spacial score (nSPS) is 19.8. The number of aliphatic carboxylic acids is 1. The predicted molar refractivity (Wildman–Crippen MR) is 98.3 cm³/mol. The van der Waals surface area contributed by atoms with Crippen LogP contribution in [0, 0.1) is 6.92 Å². The minimum absolute atomic E-state index is 0.632. The maximum atomic E-state index is 11.9. The van der Waals surface area contributed by atoms with Crippen LogP contribution in [-0.4, -0.2) is 30.6 Å². The highest BCUT2D eigenvalue weighted by atomic mass is 79.9. The van der Waals surface area contributed by atoms with Crippen molar-refractivity contribution in [1.82, 2.24) is 14.8 Å². The number of carbonyl (C=O) groups is 1. The minimum atomic E-state index is -0.768. The highest BCUT2D eigenvalue weighted by Crippen LogP contribution is 2.48. The first-order valence-corrected chi connectivity index (χ1v) is 10.6. The monoisotopic (exact) mass is 427 g/mol. The first-order valence-electron chi connectivity index (χ1n) is 8.14. The van der Waals surface area contributed by atoms with Crippen molar-refractivity contribution in [3.05, 3.63) is 21.2 Å². The molecular weight excluding hydrogens is 410 g/mol. The van der Waals surface area contributed by atoms with Crippen molar-refractivity contribution in [2.24, 2.45) is 0 Å². The Balaban J connectivity index is 1.71. The summed E-state index contributed by atoms with van der Waals surface area (Å²) < 4.78 is 1.82. The largest absolute Gasteiger partial charge is 0.480 e. The molecule has 2 saturated carbocycles. The summed E-state index contributed by atoms with van der Waals surface area (Å²) in [7, 11) is 0.